The van der Waals surface area contributed by atoms with Gasteiger partial charge in [0.2, 0.25) is 0 Å². The number of ether oxygens (including phenoxy) is 1. The molecule has 1 heterocycles. The number of aliphatic imine (C=N–C) groups is 2. The van der Waals surface area contributed by atoms with Crippen molar-refractivity contribution in [1.29, 1.82) is 5.26 Å². The van der Waals surface area contributed by atoms with Crippen LogP contribution in [0.3, 0.4) is 0 Å². The zero-order chi connectivity index (χ0) is 20.4. The number of allylic oxidation sites excluding steroid dienone is 1. The summed E-state index contributed by atoms with van der Waals surface area (Å²) in [7, 11) is 0. The number of carbonyl (C=O) groups excluding carboxylic acids is 1. The second kappa shape index (κ2) is 10.5. The number of benzene rings is 1. The van der Waals surface area contributed by atoms with E-state index in [1.807, 2.05) is 19.9 Å². The predicted molar refractivity (Wildman–Crippen MR) is 108 cm³/mol. The first-order chi connectivity index (χ1) is 13.5. The number of amides is 1. The van der Waals surface area contributed by atoms with Crippen LogP contribution in [0.5, 0.6) is 0 Å². The molecule has 0 radical (unpaired) electrons. The normalized spacial score (nSPS) is 10.7. The topological polar surface area (TPSA) is 99.7 Å². The smallest absolute Gasteiger partial charge is 0.251 e. The standard InChI is InChI=1S/C21H21N5O2/c1-15(2)20(26-21(23-3)18-6-4-5-11-24-18)25-19(27)14-28-13-17-9-7-16(12-22)8-10-17/h4-11H,3,13-14H2,1-2H3,(H,25,27). The van der Waals surface area contributed by atoms with Crippen LogP contribution in [0.25, 0.3) is 0 Å². The largest absolute Gasteiger partial charge is 0.367 e. The van der Waals surface area contributed by atoms with Gasteiger partial charge in [-0.1, -0.05) is 18.2 Å². The number of hydrogen-bond acceptors (Lipinski definition) is 5. The zero-order valence-corrected chi connectivity index (χ0v) is 15.8. The molecule has 0 atom stereocenters. The van der Waals surface area contributed by atoms with Crippen LogP contribution in [0.4, 0.5) is 0 Å². The van der Waals surface area contributed by atoms with Gasteiger partial charge in [-0.2, -0.15) is 5.26 Å². The maximum absolute atomic E-state index is 12.2. The van der Waals surface area contributed by atoms with E-state index < -0.39 is 0 Å². The highest BCUT2D eigenvalue weighted by Gasteiger charge is 2.09. The average Bonchev–Trinajstić information content (AvgIpc) is 2.72. The van der Waals surface area contributed by atoms with Crippen molar-refractivity contribution in [2.75, 3.05) is 6.61 Å². The SMILES string of the molecule is C=NC(=NC(NC(=O)COCc1ccc(C#N)cc1)=C(C)C)c1ccccn1. The number of nitrogens with zero attached hydrogens (tertiary/aromatic N) is 4. The fraction of sp³-hybridized carbons (Fsp3) is 0.190. The van der Waals surface area contributed by atoms with Crippen LogP contribution >= 0.6 is 0 Å². The number of aromatic nitrogens is 1. The molecule has 0 aliphatic carbocycles. The van der Waals surface area contributed by atoms with Gasteiger partial charge >= 0.3 is 0 Å². The molecule has 1 N–H and O–H groups in total. The van der Waals surface area contributed by atoms with Gasteiger partial charge in [-0.05, 0) is 56.0 Å². The van der Waals surface area contributed by atoms with Crippen molar-refractivity contribution in [3.63, 3.8) is 0 Å². The van der Waals surface area contributed by atoms with Gasteiger partial charge in [0.25, 0.3) is 5.91 Å². The predicted octanol–water partition coefficient (Wildman–Crippen LogP) is 2.98. The maximum atomic E-state index is 12.2. The lowest BCUT2D eigenvalue weighted by atomic mass is 10.2. The Morgan fingerprint density at radius 2 is 2.00 bits per heavy atom. The van der Waals surface area contributed by atoms with Crippen LogP contribution < -0.4 is 5.32 Å². The van der Waals surface area contributed by atoms with E-state index in [1.54, 1.807) is 42.6 Å². The molecule has 2 rings (SSSR count). The molecule has 1 amide bonds. The number of rotatable bonds is 7. The summed E-state index contributed by atoms with van der Waals surface area (Å²) in [5.74, 6) is 0.355. The molecule has 0 aliphatic heterocycles. The van der Waals surface area contributed by atoms with Crippen molar-refractivity contribution in [1.82, 2.24) is 10.3 Å². The van der Waals surface area contributed by atoms with Gasteiger partial charge in [0.05, 0.1) is 18.2 Å². The summed E-state index contributed by atoms with van der Waals surface area (Å²) < 4.78 is 5.44. The summed E-state index contributed by atoms with van der Waals surface area (Å²) >= 11 is 0. The Morgan fingerprint density at radius 3 is 2.57 bits per heavy atom. The average molecular weight is 375 g/mol. The van der Waals surface area contributed by atoms with Gasteiger partial charge in [0.15, 0.2) is 5.84 Å². The lowest BCUT2D eigenvalue weighted by molar-refractivity contribution is -0.125. The molecule has 0 bridgehead atoms. The summed E-state index contributed by atoms with van der Waals surface area (Å²) in [6, 6.07) is 14.4. The van der Waals surface area contributed by atoms with Crippen molar-refractivity contribution in [2.24, 2.45) is 9.98 Å². The molecule has 0 spiro atoms. The minimum atomic E-state index is -0.335. The number of nitrogens with one attached hydrogen (secondary N) is 1. The van der Waals surface area contributed by atoms with Gasteiger partial charge in [0.1, 0.15) is 18.1 Å². The minimum Gasteiger partial charge on any atom is -0.367 e. The van der Waals surface area contributed by atoms with Gasteiger partial charge in [-0.15, -0.1) is 0 Å². The summed E-state index contributed by atoms with van der Waals surface area (Å²) in [4.78, 5) is 24.7. The van der Waals surface area contributed by atoms with E-state index in [9.17, 15) is 4.79 Å². The van der Waals surface area contributed by atoms with Crippen molar-refractivity contribution in [3.05, 3.63) is 76.9 Å². The van der Waals surface area contributed by atoms with Crippen LogP contribution in [0.1, 0.15) is 30.7 Å². The quantitative estimate of drug-likeness (QED) is 0.594. The third-order valence-electron chi connectivity index (χ3n) is 3.58. The highest BCUT2D eigenvalue weighted by atomic mass is 16.5. The Kier molecular flexibility index (Phi) is 7.76. The number of hydrogen-bond donors (Lipinski definition) is 1. The highest BCUT2D eigenvalue weighted by molar-refractivity contribution is 6.00. The Morgan fingerprint density at radius 1 is 1.25 bits per heavy atom. The molecule has 1 aromatic carbocycles. The molecule has 0 aliphatic rings. The molecule has 142 valence electrons. The van der Waals surface area contributed by atoms with E-state index in [0.717, 1.165) is 11.1 Å². The van der Waals surface area contributed by atoms with Crippen LogP contribution in [0, 0.1) is 11.3 Å². The molecule has 1 aromatic heterocycles. The van der Waals surface area contributed by atoms with Crippen molar-refractivity contribution in [2.45, 2.75) is 20.5 Å². The number of nitriles is 1. The Balaban J connectivity index is 1.97. The van der Waals surface area contributed by atoms with Crippen molar-refractivity contribution >= 4 is 18.5 Å². The van der Waals surface area contributed by atoms with Crippen molar-refractivity contribution in [3.8, 4) is 6.07 Å². The third kappa shape index (κ3) is 6.27. The third-order valence-corrected chi connectivity index (χ3v) is 3.58. The van der Waals surface area contributed by atoms with Crippen LogP contribution in [-0.2, 0) is 16.1 Å². The van der Waals surface area contributed by atoms with Gasteiger partial charge < -0.3 is 10.1 Å². The van der Waals surface area contributed by atoms with Crippen molar-refractivity contribution < 1.29 is 9.53 Å². The summed E-state index contributed by atoms with van der Waals surface area (Å²) in [6.45, 7) is 7.31. The fourth-order valence-electron chi connectivity index (χ4n) is 2.14. The minimum absolute atomic E-state index is 0.132. The number of carbonyl (C=O) groups is 1. The van der Waals surface area contributed by atoms with Crippen LogP contribution in [0.2, 0.25) is 0 Å². The lowest BCUT2D eigenvalue weighted by Gasteiger charge is -2.10. The molecule has 2 aromatic rings. The second-order valence-electron chi connectivity index (χ2n) is 6.01. The molecule has 0 fully saturated rings. The van der Waals surface area contributed by atoms with Gasteiger partial charge in [0, 0.05) is 6.20 Å². The Labute approximate surface area is 164 Å². The highest BCUT2D eigenvalue weighted by Crippen LogP contribution is 2.07. The number of amidine groups is 1. The van der Waals surface area contributed by atoms with Gasteiger partial charge in [-0.3, -0.25) is 9.78 Å². The molecular formula is C21H21N5O2. The fourth-order valence-corrected chi connectivity index (χ4v) is 2.14. The maximum Gasteiger partial charge on any atom is 0.251 e. The summed E-state index contributed by atoms with van der Waals surface area (Å²) in [5, 5.41) is 11.5. The molecule has 0 saturated carbocycles. The van der Waals surface area contributed by atoms with E-state index in [0.29, 0.717) is 22.9 Å². The van der Waals surface area contributed by atoms with Crippen LogP contribution in [-0.4, -0.2) is 30.1 Å². The first-order valence-electron chi connectivity index (χ1n) is 8.54. The van der Waals surface area contributed by atoms with E-state index in [-0.39, 0.29) is 19.1 Å². The number of pyridine rings is 1. The Hall–Kier alpha value is -3.63. The Bertz CT molecular complexity index is 922. The molecule has 7 heteroatoms. The molecular weight excluding hydrogens is 354 g/mol. The first kappa shape index (κ1) is 20.7. The second-order valence-corrected chi connectivity index (χ2v) is 6.01. The zero-order valence-electron chi connectivity index (χ0n) is 15.8. The van der Waals surface area contributed by atoms with E-state index in [1.165, 1.54) is 0 Å². The molecule has 0 saturated heterocycles. The van der Waals surface area contributed by atoms with Crippen LogP contribution in [0.15, 0.2) is 70.0 Å². The molecule has 0 unspecified atom stereocenters. The monoisotopic (exact) mass is 375 g/mol. The summed E-state index contributed by atoms with van der Waals surface area (Å²) in [5.41, 5.74) is 2.81. The first-order valence-corrected chi connectivity index (χ1v) is 8.54. The van der Waals surface area contributed by atoms with E-state index in [2.05, 4.69) is 33.1 Å². The van der Waals surface area contributed by atoms with E-state index in [4.69, 9.17) is 10.00 Å². The van der Waals surface area contributed by atoms with Gasteiger partial charge in [-0.25, -0.2) is 9.98 Å². The van der Waals surface area contributed by atoms with E-state index >= 15 is 0 Å². The summed E-state index contributed by atoms with van der Waals surface area (Å²) in [6.07, 6.45) is 1.63. The molecule has 7 nitrogen and oxygen atoms in total. The lowest BCUT2D eigenvalue weighted by Crippen LogP contribution is -2.27. The molecule has 28 heavy (non-hydrogen) atoms.